The van der Waals surface area contributed by atoms with E-state index in [1.807, 2.05) is 0 Å². The lowest BCUT2D eigenvalue weighted by atomic mass is 9.84. The Hall–Kier alpha value is -2.29. The van der Waals surface area contributed by atoms with Crippen LogP contribution in [0.1, 0.15) is 127 Å². The maximum Gasteiger partial charge on any atom is 0.196 e. The van der Waals surface area contributed by atoms with E-state index in [0.29, 0.717) is 0 Å². The molecular weight excluding hydrogens is 450 g/mol. The van der Waals surface area contributed by atoms with Gasteiger partial charge in [-0.05, 0) is 61.3 Å². The fraction of sp³-hybridized carbons (Fsp3) is 0.618. The van der Waals surface area contributed by atoms with Crippen molar-refractivity contribution in [3.8, 4) is 0 Å². The van der Waals surface area contributed by atoms with Gasteiger partial charge in [0.1, 0.15) is 0 Å². The number of aliphatic imine (C=N–C) groups is 1. The number of hydrogen-bond acceptors (Lipinski definition) is 1. The van der Waals surface area contributed by atoms with Crippen molar-refractivity contribution in [2.45, 2.75) is 122 Å². The van der Waals surface area contributed by atoms with Crippen LogP contribution in [0.2, 0.25) is 0 Å². The van der Waals surface area contributed by atoms with Gasteiger partial charge in [-0.3, -0.25) is 0 Å². The molecule has 1 saturated carbocycles. The van der Waals surface area contributed by atoms with Gasteiger partial charge < -0.3 is 10.6 Å². The molecule has 0 spiro atoms. The molecule has 1 aliphatic carbocycles. The normalized spacial score (nSPS) is 15.8. The summed E-state index contributed by atoms with van der Waals surface area (Å²) in [7, 11) is 0. The molecule has 204 valence electrons. The van der Waals surface area contributed by atoms with Crippen molar-refractivity contribution in [1.82, 2.24) is 10.6 Å². The first-order valence-electron chi connectivity index (χ1n) is 15.6. The molecule has 0 radical (unpaired) electrons. The highest BCUT2D eigenvalue weighted by Crippen LogP contribution is 2.33. The Morgan fingerprint density at radius 3 is 1.86 bits per heavy atom. The van der Waals surface area contributed by atoms with Crippen molar-refractivity contribution in [1.29, 1.82) is 0 Å². The minimum absolute atomic E-state index is 0.779. The zero-order valence-corrected chi connectivity index (χ0v) is 23.7. The highest BCUT2D eigenvalue weighted by Gasteiger charge is 2.15. The summed E-state index contributed by atoms with van der Waals surface area (Å²) < 4.78 is 0. The Labute approximate surface area is 228 Å². The van der Waals surface area contributed by atoms with Crippen LogP contribution in [0.5, 0.6) is 0 Å². The molecule has 1 saturated heterocycles. The summed E-state index contributed by atoms with van der Waals surface area (Å²) in [5.41, 5.74) is 4.03. The van der Waals surface area contributed by atoms with Gasteiger partial charge in [-0.25, -0.2) is 4.99 Å². The maximum absolute atomic E-state index is 4.60. The van der Waals surface area contributed by atoms with E-state index < -0.39 is 0 Å². The first kappa shape index (κ1) is 29.3. The summed E-state index contributed by atoms with van der Waals surface area (Å²) in [5.74, 6) is 1.69. The predicted molar refractivity (Wildman–Crippen MR) is 162 cm³/mol. The summed E-state index contributed by atoms with van der Waals surface area (Å²) in [6.07, 6.45) is 23.6. The molecule has 4 rings (SSSR count). The molecule has 0 amide bonds. The second kappa shape index (κ2) is 18.9. The van der Waals surface area contributed by atoms with Crippen molar-refractivity contribution in [3.63, 3.8) is 0 Å². The third-order valence-electron chi connectivity index (χ3n) is 7.81. The van der Waals surface area contributed by atoms with Crippen molar-refractivity contribution in [2.75, 3.05) is 13.1 Å². The minimum Gasteiger partial charge on any atom is -0.356 e. The molecule has 1 heterocycles. The molecule has 0 bridgehead atoms. The van der Waals surface area contributed by atoms with Crippen LogP contribution in [-0.2, 0) is 6.42 Å². The predicted octanol–water partition coefficient (Wildman–Crippen LogP) is 9.45. The molecule has 0 atom stereocenters. The average Bonchev–Trinajstić information content (AvgIpc) is 2.96. The molecule has 2 aromatic carbocycles. The van der Waals surface area contributed by atoms with Gasteiger partial charge in [0.2, 0.25) is 0 Å². The lowest BCUT2D eigenvalue weighted by molar-refractivity contribution is 0.443. The zero-order valence-electron chi connectivity index (χ0n) is 23.7. The van der Waals surface area contributed by atoms with E-state index in [0.717, 1.165) is 30.7 Å². The Bertz CT molecular complexity index is 829. The van der Waals surface area contributed by atoms with Crippen LogP contribution in [0.3, 0.4) is 0 Å². The van der Waals surface area contributed by atoms with Crippen LogP contribution in [-0.4, -0.2) is 19.0 Å². The molecule has 2 aromatic rings. The summed E-state index contributed by atoms with van der Waals surface area (Å²) >= 11 is 0. The Morgan fingerprint density at radius 2 is 1.24 bits per heavy atom. The Balaban J connectivity index is 0.000000206. The van der Waals surface area contributed by atoms with Crippen LogP contribution < -0.4 is 10.6 Å². The summed E-state index contributed by atoms with van der Waals surface area (Å²) in [4.78, 5) is 4.60. The third-order valence-corrected chi connectivity index (χ3v) is 7.81. The van der Waals surface area contributed by atoms with Gasteiger partial charge in [0.15, 0.2) is 5.96 Å². The van der Waals surface area contributed by atoms with E-state index in [9.17, 15) is 0 Å². The van der Waals surface area contributed by atoms with Gasteiger partial charge in [-0.2, -0.15) is 0 Å². The molecule has 2 N–H and O–H groups in total. The molecule has 2 fully saturated rings. The highest BCUT2D eigenvalue weighted by atomic mass is 15.2. The van der Waals surface area contributed by atoms with Crippen molar-refractivity contribution < 1.29 is 0 Å². The number of guanidine groups is 1. The minimum atomic E-state index is 0.779. The fourth-order valence-electron chi connectivity index (χ4n) is 5.49. The number of hydrogen-bond donors (Lipinski definition) is 2. The van der Waals surface area contributed by atoms with Gasteiger partial charge in [0.05, 0.1) is 5.69 Å². The molecule has 37 heavy (non-hydrogen) atoms. The topological polar surface area (TPSA) is 36.4 Å². The Morgan fingerprint density at radius 1 is 0.649 bits per heavy atom. The van der Waals surface area contributed by atoms with Crippen LogP contribution in [0.15, 0.2) is 59.6 Å². The van der Waals surface area contributed by atoms with Crippen molar-refractivity contribution >= 4 is 11.6 Å². The van der Waals surface area contributed by atoms with Gasteiger partial charge in [-0.1, -0.05) is 126 Å². The van der Waals surface area contributed by atoms with Gasteiger partial charge in [-0.15, -0.1) is 0 Å². The van der Waals surface area contributed by atoms with Gasteiger partial charge >= 0.3 is 0 Å². The summed E-state index contributed by atoms with van der Waals surface area (Å²) in [5, 5.41) is 6.57. The average molecular weight is 504 g/mol. The molecule has 3 nitrogen and oxygen atoms in total. The largest absolute Gasteiger partial charge is 0.356 e. The van der Waals surface area contributed by atoms with Crippen LogP contribution in [0.25, 0.3) is 0 Å². The van der Waals surface area contributed by atoms with Gasteiger partial charge in [0, 0.05) is 13.1 Å². The molecule has 0 unspecified atom stereocenters. The van der Waals surface area contributed by atoms with Crippen molar-refractivity contribution in [2.24, 2.45) is 4.99 Å². The number of benzene rings is 2. The highest BCUT2D eigenvalue weighted by molar-refractivity contribution is 5.83. The lowest BCUT2D eigenvalue weighted by Crippen LogP contribution is -2.43. The first-order valence-corrected chi connectivity index (χ1v) is 15.6. The van der Waals surface area contributed by atoms with Gasteiger partial charge in [0.25, 0.3) is 0 Å². The number of aryl methyl sites for hydroxylation is 1. The van der Waals surface area contributed by atoms with E-state index in [-0.39, 0.29) is 0 Å². The molecule has 3 heteroatoms. The second-order valence-corrected chi connectivity index (χ2v) is 11.0. The van der Waals surface area contributed by atoms with E-state index in [2.05, 4.69) is 77.1 Å². The Kier molecular flexibility index (Phi) is 14.9. The number of unbranched alkanes of at least 4 members (excludes halogenated alkanes) is 9. The van der Waals surface area contributed by atoms with Crippen LogP contribution >= 0.6 is 0 Å². The SMILES string of the molecule is CCCCCCCCCCCCc1ccccc1.c1cc(C2CCCCC2)ccc1N=C1NCCCN1. The maximum atomic E-state index is 4.60. The zero-order chi connectivity index (χ0) is 25.8. The van der Waals surface area contributed by atoms with E-state index in [4.69, 9.17) is 0 Å². The quantitative estimate of drug-likeness (QED) is 0.267. The molecule has 2 aliphatic rings. The third kappa shape index (κ3) is 12.7. The summed E-state index contributed by atoms with van der Waals surface area (Å²) in [6, 6.07) is 19.7. The monoisotopic (exact) mass is 503 g/mol. The lowest BCUT2D eigenvalue weighted by Gasteiger charge is -2.22. The number of rotatable bonds is 13. The van der Waals surface area contributed by atoms with E-state index in [1.54, 1.807) is 0 Å². The van der Waals surface area contributed by atoms with Crippen molar-refractivity contribution in [3.05, 3.63) is 65.7 Å². The summed E-state index contributed by atoms with van der Waals surface area (Å²) in [6.45, 7) is 4.32. The van der Waals surface area contributed by atoms with E-state index >= 15 is 0 Å². The van der Waals surface area contributed by atoms with E-state index in [1.165, 1.54) is 120 Å². The van der Waals surface area contributed by atoms with Crippen LogP contribution in [0.4, 0.5) is 5.69 Å². The standard InChI is InChI=1S/C18H30.C16H23N3/c1-2-3-4-5-6-7-8-9-10-12-15-18-16-13-11-14-17-18;1-2-5-13(6-3-1)14-7-9-15(10-8-14)19-16-17-11-4-12-18-16/h11,13-14,16-17H,2-10,12,15H2,1H3;7-10,13H,1-6,11-12H2,(H2,17,18,19). The fourth-order valence-corrected chi connectivity index (χ4v) is 5.49. The first-order chi connectivity index (χ1) is 18.3. The smallest absolute Gasteiger partial charge is 0.196 e. The molecular formula is C34H53N3. The number of nitrogens with zero attached hydrogens (tertiary/aromatic N) is 1. The second-order valence-electron chi connectivity index (χ2n) is 11.0. The number of nitrogens with one attached hydrogen (secondary N) is 2. The van der Waals surface area contributed by atoms with Crippen LogP contribution in [0, 0.1) is 0 Å². The molecule has 0 aromatic heterocycles. The molecule has 1 aliphatic heterocycles.